The summed E-state index contributed by atoms with van der Waals surface area (Å²) in [5, 5.41) is 10.6. The third kappa shape index (κ3) is 17.7. The standard InChI is InChI=1S/C50H55F4N9O6S.C8H8O.2CH4.H2S/c1-49(2,3)69-48(68)56-42-28-35(34-7-6-8-36(27-34)70-50(52,53)54)29-55-44(42)47(67)62-15-13-32(14-16-62)30-59-17-19-60(20-18-59)31-43(64)61-21-23-63(24-22-61)46(66)39-25-33(11-12-40(39)51)26-41-37-9-4-5-10-38(37)45(65)58-57-41;1-7-4-2-3-5-8(7)6-9;;;/h4-12,25,27-29,32H,13-24,26,30-31H2,1-3H3,(H,56,68)(H,58,65);2-6H,1H3;2*1H4;1H2. The number of thioether (sulfide) groups is 1. The largest absolute Gasteiger partial charge is 0.446 e. The number of ether oxygens (including phenoxy) is 1. The molecule has 4 amide bonds. The topological polar surface area (TPSA) is 181 Å². The van der Waals surface area contributed by atoms with Crippen LogP contribution in [-0.2, 0) is 16.0 Å². The van der Waals surface area contributed by atoms with Gasteiger partial charge in [-0.1, -0.05) is 75.5 Å². The molecule has 2 aromatic heterocycles. The van der Waals surface area contributed by atoms with E-state index in [0.29, 0.717) is 78.3 Å². The Morgan fingerprint density at radius 3 is 2.04 bits per heavy atom. The molecule has 3 aliphatic rings. The van der Waals surface area contributed by atoms with E-state index in [1.54, 1.807) is 65.8 Å². The first kappa shape index (κ1) is 65.7. The number of amides is 4. The van der Waals surface area contributed by atoms with E-state index >= 15 is 4.39 Å². The highest BCUT2D eigenvalue weighted by Crippen LogP contribution is 2.39. The lowest BCUT2D eigenvalue weighted by Gasteiger charge is -2.40. The maximum absolute atomic E-state index is 15.1. The Bertz CT molecular complexity index is 3240. The number of nitrogens with one attached hydrogen (secondary N) is 2. The number of carbonyl (C=O) groups is 5. The molecule has 0 radical (unpaired) electrons. The monoisotopic (exact) mass is 1170 g/mol. The van der Waals surface area contributed by atoms with Crippen molar-refractivity contribution in [1.29, 1.82) is 0 Å². The molecule has 6 aromatic rings. The number of aromatic nitrogens is 3. The lowest BCUT2D eigenvalue weighted by Crippen LogP contribution is -2.55. The van der Waals surface area contributed by atoms with Crippen LogP contribution in [0.4, 0.5) is 28.0 Å². The molecule has 0 spiro atoms. The smallest absolute Gasteiger partial charge is 0.444 e. The van der Waals surface area contributed by atoms with Gasteiger partial charge in [0.05, 0.1) is 28.9 Å². The van der Waals surface area contributed by atoms with E-state index in [-0.39, 0.29) is 105 Å². The van der Waals surface area contributed by atoms with Crippen LogP contribution in [0.15, 0.2) is 113 Å². The number of aldehydes is 1. The summed E-state index contributed by atoms with van der Waals surface area (Å²) in [5.41, 5.74) is -1.65. The molecule has 0 aliphatic carbocycles. The number of piperazine rings is 2. The molecule has 0 bridgehead atoms. The zero-order valence-corrected chi connectivity index (χ0v) is 46.8. The molecule has 0 atom stereocenters. The maximum atomic E-state index is 15.1. The van der Waals surface area contributed by atoms with Gasteiger partial charge in [-0.05, 0) is 111 Å². The van der Waals surface area contributed by atoms with Crippen LogP contribution in [0.2, 0.25) is 0 Å². The van der Waals surface area contributed by atoms with Crippen molar-refractivity contribution >= 4 is 71.8 Å². The fourth-order valence-electron chi connectivity index (χ4n) is 9.82. The average Bonchev–Trinajstić information content (AvgIpc) is 3.61. The second kappa shape index (κ2) is 29.2. The summed E-state index contributed by atoms with van der Waals surface area (Å²) in [6, 6.07) is 26.4. The molecule has 4 aromatic carbocycles. The number of H-pyrrole nitrogens is 1. The van der Waals surface area contributed by atoms with Crippen molar-refractivity contribution in [2.75, 3.05) is 83.9 Å². The van der Waals surface area contributed by atoms with Gasteiger partial charge in [-0.15, -0.1) is 0 Å². The van der Waals surface area contributed by atoms with Gasteiger partial charge in [-0.3, -0.25) is 34.2 Å². The highest BCUT2D eigenvalue weighted by molar-refractivity contribution is 8.00. The van der Waals surface area contributed by atoms with Crippen molar-refractivity contribution in [1.82, 2.24) is 39.7 Å². The van der Waals surface area contributed by atoms with Crippen molar-refractivity contribution < 1.29 is 46.3 Å². The number of alkyl halides is 3. The van der Waals surface area contributed by atoms with Gasteiger partial charge in [0.15, 0.2) is 5.69 Å². The van der Waals surface area contributed by atoms with Crippen molar-refractivity contribution in [3.8, 4) is 11.1 Å². The molecule has 0 saturated carbocycles. The van der Waals surface area contributed by atoms with E-state index < -0.39 is 28.9 Å². The molecule has 2 N–H and O–H groups in total. The summed E-state index contributed by atoms with van der Waals surface area (Å²) in [5.74, 6) is -1.15. The Kier molecular flexibility index (Phi) is 23.4. The van der Waals surface area contributed by atoms with Crippen molar-refractivity contribution in [2.24, 2.45) is 5.92 Å². The fourth-order valence-corrected chi connectivity index (χ4v) is 10.4. The minimum atomic E-state index is -4.47. The fraction of sp³-hybridized carbons (Fsp3) is 0.400. The van der Waals surface area contributed by atoms with E-state index in [0.717, 1.165) is 49.9 Å². The van der Waals surface area contributed by atoms with Crippen molar-refractivity contribution in [2.45, 2.75) is 77.8 Å². The minimum Gasteiger partial charge on any atom is -0.444 e. The van der Waals surface area contributed by atoms with E-state index in [9.17, 15) is 41.9 Å². The number of rotatable bonds is 12. The van der Waals surface area contributed by atoms with E-state index in [4.69, 9.17) is 4.74 Å². The van der Waals surface area contributed by atoms with Gasteiger partial charge in [0, 0.05) is 106 Å². The molecule has 3 fully saturated rings. The van der Waals surface area contributed by atoms with Gasteiger partial charge in [0.1, 0.15) is 17.7 Å². The Hall–Kier alpha value is -7.14. The van der Waals surface area contributed by atoms with Gasteiger partial charge in [-0.2, -0.15) is 31.8 Å². The lowest BCUT2D eigenvalue weighted by atomic mass is 9.95. The third-order valence-corrected chi connectivity index (χ3v) is 14.7. The molecular formula is C60H73F4N9O7S2. The SMILES string of the molecule is C.C.CC(C)(C)OC(=O)Nc1cc(-c2cccc(SC(F)(F)F)c2)cnc1C(=O)N1CCC(CN2CCN(CC(=O)N3CCN(C(=O)c4cc(Cc5n[nH]c(=O)c6ccccc56)ccc4F)CC3)CC2)CC1.Cc1ccccc1C=O.S. The number of likely N-dealkylation sites (tertiary alicyclic amines) is 1. The molecular weight excluding hydrogens is 1100 g/mol. The van der Waals surface area contributed by atoms with Gasteiger partial charge in [0.2, 0.25) is 5.91 Å². The van der Waals surface area contributed by atoms with E-state index in [1.807, 2.05) is 37.3 Å². The van der Waals surface area contributed by atoms with Gasteiger partial charge >= 0.3 is 11.6 Å². The summed E-state index contributed by atoms with van der Waals surface area (Å²) in [6.07, 6.45) is 3.27. The van der Waals surface area contributed by atoms with Crippen LogP contribution in [0.1, 0.15) is 96.5 Å². The highest BCUT2D eigenvalue weighted by atomic mass is 32.2. The van der Waals surface area contributed by atoms with E-state index in [2.05, 4.69) is 30.3 Å². The Morgan fingerprint density at radius 2 is 1.39 bits per heavy atom. The predicted octanol–water partition coefficient (Wildman–Crippen LogP) is 10.3. The maximum Gasteiger partial charge on any atom is 0.446 e. The summed E-state index contributed by atoms with van der Waals surface area (Å²) < 4.78 is 59.9. The summed E-state index contributed by atoms with van der Waals surface area (Å²) in [4.78, 5) is 90.3. The number of fused-ring (bicyclic) bond motifs is 1. The second-order valence-corrected chi connectivity index (χ2v) is 22.0. The first-order chi connectivity index (χ1) is 37.7. The van der Waals surface area contributed by atoms with Crippen LogP contribution < -0.4 is 10.9 Å². The molecule has 16 nitrogen and oxygen atoms in total. The summed E-state index contributed by atoms with van der Waals surface area (Å²) >= 11 is -0.236. The lowest BCUT2D eigenvalue weighted by molar-refractivity contribution is -0.134. The molecule has 0 unspecified atom stereocenters. The number of nitrogens with zero attached hydrogens (tertiary/aromatic N) is 7. The van der Waals surface area contributed by atoms with Gasteiger partial charge in [0.25, 0.3) is 17.4 Å². The van der Waals surface area contributed by atoms with Crippen LogP contribution >= 0.6 is 25.3 Å². The number of halogens is 4. The second-order valence-electron chi connectivity index (χ2n) is 20.8. The Morgan fingerprint density at radius 1 is 0.756 bits per heavy atom. The molecule has 440 valence electrons. The number of piperidine rings is 1. The predicted molar refractivity (Wildman–Crippen MR) is 317 cm³/mol. The quantitative estimate of drug-likeness (QED) is 0.0673. The van der Waals surface area contributed by atoms with Gasteiger partial charge in [-0.25, -0.2) is 19.3 Å². The average molecular weight is 1170 g/mol. The summed E-state index contributed by atoms with van der Waals surface area (Å²) in [6.45, 7) is 13.3. The molecule has 5 heterocycles. The van der Waals surface area contributed by atoms with Crippen LogP contribution in [0.3, 0.4) is 0 Å². The van der Waals surface area contributed by atoms with E-state index in [1.165, 1.54) is 42.6 Å². The number of pyridine rings is 1. The Labute approximate surface area is 487 Å². The number of carbonyl (C=O) groups excluding carboxylic acids is 5. The first-order valence-corrected chi connectivity index (χ1v) is 26.9. The molecule has 22 heteroatoms. The third-order valence-electron chi connectivity index (χ3n) is 14.0. The normalized spacial score (nSPS) is 15.2. The zero-order valence-electron chi connectivity index (χ0n) is 45.0. The number of anilines is 1. The summed E-state index contributed by atoms with van der Waals surface area (Å²) in [7, 11) is 0. The molecule has 82 heavy (non-hydrogen) atoms. The molecule has 3 saturated heterocycles. The van der Waals surface area contributed by atoms with Gasteiger partial charge < -0.3 is 24.3 Å². The van der Waals surface area contributed by atoms with Crippen molar-refractivity contribution in [3.63, 3.8) is 0 Å². The van der Waals surface area contributed by atoms with Crippen LogP contribution in [0.5, 0.6) is 0 Å². The van der Waals surface area contributed by atoms with Crippen LogP contribution in [-0.4, -0.2) is 159 Å². The number of aromatic amines is 1. The molecule has 9 rings (SSSR count). The van der Waals surface area contributed by atoms with Crippen LogP contribution in [0.25, 0.3) is 21.9 Å². The minimum absolute atomic E-state index is 0. The zero-order chi connectivity index (χ0) is 56.4. The van der Waals surface area contributed by atoms with Crippen LogP contribution in [0, 0.1) is 18.7 Å². The number of hydrogen-bond acceptors (Lipinski definition) is 12. The first-order valence-electron chi connectivity index (χ1n) is 26.1. The number of aryl methyl sites for hydroxylation is 1. The highest BCUT2D eigenvalue weighted by Gasteiger charge is 2.33. The van der Waals surface area contributed by atoms with Crippen molar-refractivity contribution in [3.05, 3.63) is 153 Å². The number of benzene rings is 4. The Balaban J connectivity index is 0.000000937. The molecule has 3 aliphatic heterocycles. The number of hydrogen-bond donors (Lipinski definition) is 2.